The number of fused-ring (bicyclic) bond motifs is 2. The van der Waals surface area contributed by atoms with Crippen molar-refractivity contribution in [3.63, 3.8) is 0 Å². The molecule has 0 bridgehead atoms. The molecule has 8 rings (SSSR count). The van der Waals surface area contributed by atoms with Gasteiger partial charge in [-0.2, -0.15) is 0 Å². The van der Waals surface area contributed by atoms with Crippen LogP contribution in [0.5, 0.6) is 0 Å². The molecule has 3 aliphatic rings. The number of hydrogen-bond acceptors (Lipinski definition) is 9. The fourth-order valence-corrected chi connectivity index (χ4v) is 7.35. The zero-order valence-electron chi connectivity index (χ0n) is 32.9. The minimum atomic E-state index is -0.504. The molecule has 2 aromatic heterocycles. The number of nitrogens with one attached hydrogen (secondary N) is 1. The van der Waals surface area contributed by atoms with E-state index in [4.69, 9.17) is 43.4 Å². The number of piperidine rings is 1. The van der Waals surface area contributed by atoms with E-state index >= 15 is 0 Å². The number of anilines is 1. The van der Waals surface area contributed by atoms with Crippen molar-refractivity contribution < 1.29 is 23.9 Å². The number of para-hydroxylation sites is 2. The molecule has 3 aliphatic heterocycles. The maximum absolute atomic E-state index is 13.3. The van der Waals surface area contributed by atoms with Gasteiger partial charge in [0.1, 0.15) is 15.9 Å². The van der Waals surface area contributed by atoms with Crippen LogP contribution in [0.3, 0.4) is 0 Å². The van der Waals surface area contributed by atoms with Crippen LogP contribution in [-0.2, 0) is 28.9 Å². The second-order valence-corrected chi connectivity index (χ2v) is 16.1. The van der Waals surface area contributed by atoms with Gasteiger partial charge in [0.05, 0.1) is 46.6 Å². The van der Waals surface area contributed by atoms with Crippen LogP contribution in [0, 0.1) is 0 Å². The normalized spacial score (nSPS) is 14.6. The van der Waals surface area contributed by atoms with E-state index in [9.17, 15) is 14.4 Å². The molecule has 3 aromatic carbocycles. The maximum atomic E-state index is 13.3. The zero-order valence-corrected chi connectivity index (χ0v) is 34.4. The zero-order chi connectivity index (χ0) is 41.7. The number of ether oxygens (including phenoxy) is 2. The minimum Gasteiger partial charge on any atom is -0.444 e. The number of hydrogen-bond donors (Lipinski definition) is 2. The Morgan fingerprint density at radius 2 is 1.34 bits per heavy atom. The number of halogens is 2. The Morgan fingerprint density at radius 3 is 1.90 bits per heavy atom. The summed E-state index contributed by atoms with van der Waals surface area (Å²) in [5, 5.41) is 3.84. The first-order chi connectivity index (χ1) is 28.3. The molecule has 0 aliphatic carbocycles. The van der Waals surface area contributed by atoms with Crippen molar-refractivity contribution in [3.05, 3.63) is 147 Å². The number of primary amides is 1. The number of likely N-dealkylation sites (tertiary alicyclic amines) is 1. The summed E-state index contributed by atoms with van der Waals surface area (Å²) in [5.74, 6) is -0.684. The van der Waals surface area contributed by atoms with Gasteiger partial charge in [-0.15, -0.1) is 0 Å². The monoisotopic (exact) mass is 831 g/mol. The van der Waals surface area contributed by atoms with Crippen LogP contribution in [0.25, 0.3) is 0 Å². The number of pyridine rings is 2. The van der Waals surface area contributed by atoms with Crippen molar-refractivity contribution in [2.24, 2.45) is 15.7 Å². The number of amides is 3. The largest absolute Gasteiger partial charge is 0.444 e. The SMILES string of the molecule is CC(C)(C)OC(=O)N1CCC(OCc2cccc(NC(=O)c3cccc4c3N=C(c3ccnc(Cl)c3)C4)c2)CC1.NC(=O)c1cccc2c1N=C(c1ccnc(Cl)c1)C2. The molecule has 0 unspecified atom stereocenters. The average Bonchev–Trinajstić information content (AvgIpc) is 3.85. The Hall–Kier alpha value is -5.95. The van der Waals surface area contributed by atoms with E-state index in [1.807, 2.05) is 81.4 Å². The average molecular weight is 833 g/mol. The highest BCUT2D eigenvalue weighted by Crippen LogP contribution is 2.34. The Kier molecular flexibility index (Phi) is 12.5. The lowest BCUT2D eigenvalue weighted by molar-refractivity contribution is -0.0170. The summed E-state index contributed by atoms with van der Waals surface area (Å²) in [7, 11) is 0. The second-order valence-electron chi connectivity index (χ2n) is 15.3. The molecule has 5 aromatic rings. The lowest BCUT2D eigenvalue weighted by Gasteiger charge is -2.33. The minimum absolute atomic E-state index is 0.0613. The molecular weight excluding hydrogens is 789 g/mol. The van der Waals surface area contributed by atoms with Crippen molar-refractivity contribution in [1.29, 1.82) is 0 Å². The summed E-state index contributed by atoms with van der Waals surface area (Å²) in [5.41, 5.74) is 14.3. The summed E-state index contributed by atoms with van der Waals surface area (Å²) in [6, 6.07) is 26.0. The van der Waals surface area contributed by atoms with Crippen LogP contribution in [0.1, 0.15) is 82.1 Å². The molecular formula is C45H43Cl2N7O5. The fraction of sp³-hybridized carbons (Fsp3) is 0.267. The highest BCUT2D eigenvalue weighted by molar-refractivity contribution is 6.30. The number of nitrogens with two attached hydrogens (primary N) is 1. The van der Waals surface area contributed by atoms with E-state index in [0.717, 1.165) is 52.1 Å². The van der Waals surface area contributed by atoms with Gasteiger partial charge in [-0.3, -0.25) is 19.6 Å². The second kappa shape index (κ2) is 17.9. The molecule has 14 heteroatoms. The Bertz CT molecular complexity index is 2470. The van der Waals surface area contributed by atoms with Crippen LogP contribution in [0.2, 0.25) is 10.3 Å². The molecule has 1 fully saturated rings. The van der Waals surface area contributed by atoms with Gasteiger partial charge in [0, 0.05) is 55.1 Å². The quantitative estimate of drug-likeness (QED) is 0.148. The van der Waals surface area contributed by atoms with Gasteiger partial charge in [-0.05, 0) is 98.8 Å². The Morgan fingerprint density at radius 1 is 0.780 bits per heavy atom. The summed E-state index contributed by atoms with van der Waals surface area (Å²) >= 11 is 11.9. The molecule has 5 heterocycles. The Labute approximate surface area is 352 Å². The third kappa shape index (κ3) is 10.4. The van der Waals surface area contributed by atoms with Crippen molar-refractivity contribution in [1.82, 2.24) is 14.9 Å². The lowest BCUT2D eigenvalue weighted by Crippen LogP contribution is -2.43. The molecule has 59 heavy (non-hydrogen) atoms. The standard InChI is InChI=1S/C31H33ClN4O4.C14H10ClN3O/c1-31(2,3)40-30(38)36-14-11-24(12-15-36)39-19-20-6-4-8-23(16-20)34-29(37)25-9-5-7-22-17-26(35-28(22)25)21-10-13-33-27(32)18-21;15-12-7-8(4-5-17-12)11-6-9-2-1-3-10(14(16)19)13(9)18-11/h4-10,13,16,18,24H,11-12,14-15,17,19H2,1-3H3,(H,34,37);1-5,7H,6H2,(H2,16,19). The fourth-order valence-electron chi connectivity index (χ4n) is 7.00. The van der Waals surface area contributed by atoms with Crippen LogP contribution in [0.4, 0.5) is 21.9 Å². The predicted molar refractivity (Wildman–Crippen MR) is 230 cm³/mol. The van der Waals surface area contributed by atoms with Crippen LogP contribution in [-0.4, -0.2) is 69.0 Å². The van der Waals surface area contributed by atoms with Crippen molar-refractivity contribution in [2.45, 2.75) is 64.8 Å². The van der Waals surface area contributed by atoms with Crippen molar-refractivity contribution >= 4 is 69.6 Å². The first-order valence-electron chi connectivity index (χ1n) is 19.2. The van der Waals surface area contributed by atoms with Crippen LogP contribution < -0.4 is 11.1 Å². The van der Waals surface area contributed by atoms with Crippen molar-refractivity contribution in [3.8, 4) is 0 Å². The third-order valence-electron chi connectivity index (χ3n) is 9.84. The van der Waals surface area contributed by atoms with Crippen LogP contribution >= 0.6 is 23.2 Å². The summed E-state index contributed by atoms with van der Waals surface area (Å²) < 4.78 is 11.6. The number of aromatic nitrogens is 2. The van der Waals surface area contributed by atoms with E-state index in [-0.39, 0.29) is 18.1 Å². The van der Waals surface area contributed by atoms with Gasteiger partial charge in [0.15, 0.2) is 0 Å². The van der Waals surface area contributed by atoms with Gasteiger partial charge in [-0.1, -0.05) is 59.6 Å². The molecule has 302 valence electrons. The number of carbonyl (C=O) groups is 3. The van der Waals surface area contributed by atoms with E-state index in [1.54, 1.807) is 41.6 Å². The highest BCUT2D eigenvalue weighted by atomic mass is 35.5. The van der Waals surface area contributed by atoms with Crippen molar-refractivity contribution in [2.75, 3.05) is 18.4 Å². The molecule has 0 spiro atoms. The first kappa shape index (κ1) is 41.2. The molecule has 1 saturated heterocycles. The summed E-state index contributed by atoms with van der Waals surface area (Å²) in [4.78, 5) is 56.0. The maximum Gasteiger partial charge on any atom is 0.410 e. The molecule has 0 atom stereocenters. The molecule has 12 nitrogen and oxygen atoms in total. The van der Waals surface area contributed by atoms with E-state index in [2.05, 4.69) is 20.3 Å². The summed E-state index contributed by atoms with van der Waals surface area (Å²) in [6.45, 7) is 7.24. The number of carbonyl (C=O) groups excluding carboxylic acids is 3. The number of aliphatic imine (C=N–C) groups is 2. The Balaban J connectivity index is 0.000000231. The van der Waals surface area contributed by atoms with Gasteiger partial charge in [0.2, 0.25) is 0 Å². The number of benzene rings is 3. The van der Waals surface area contributed by atoms with Gasteiger partial charge in [0.25, 0.3) is 11.8 Å². The molecule has 0 saturated carbocycles. The van der Waals surface area contributed by atoms with Gasteiger partial charge < -0.3 is 25.4 Å². The number of rotatable bonds is 8. The van der Waals surface area contributed by atoms with E-state index in [1.165, 1.54) is 0 Å². The van der Waals surface area contributed by atoms with Gasteiger partial charge in [-0.25, -0.2) is 14.8 Å². The smallest absolute Gasteiger partial charge is 0.410 e. The molecule has 3 N–H and O–H groups in total. The van der Waals surface area contributed by atoms with E-state index < -0.39 is 11.5 Å². The van der Waals surface area contributed by atoms with Gasteiger partial charge >= 0.3 is 6.09 Å². The predicted octanol–water partition coefficient (Wildman–Crippen LogP) is 9.09. The third-order valence-corrected chi connectivity index (χ3v) is 10.3. The lowest BCUT2D eigenvalue weighted by atomic mass is 10.0. The number of nitrogens with zero attached hydrogens (tertiary/aromatic N) is 5. The molecule has 3 amide bonds. The van der Waals surface area contributed by atoms with Crippen LogP contribution in [0.15, 0.2) is 107 Å². The highest BCUT2D eigenvalue weighted by Gasteiger charge is 2.28. The topological polar surface area (TPSA) is 161 Å². The van der Waals surface area contributed by atoms with E-state index in [0.29, 0.717) is 71.0 Å². The molecule has 0 radical (unpaired) electrons. The summed E-state index contributed by atoms with van der Waals surface area (Å²) in [6.07, 6.45) is 5.87. The first-order valence-corrected chi connectivity index (χ1v) is 20.0.